The van der Waals surface area contributed by atoms with E-state index < -0.39 is 6.10 Å². The maximum Gasteiger partial charge on any atom is 0.280 e. The van der Waals surface area contributed by atoms with E-state index in [-0.39, 0.29) is 5.91 Å². The van der Waals surface area contributed by atoms with E-state index in [2.05, 4.69) is 10.5 Å². The molecule has 0 heterocycles. The largest absolute Gasteiger partial charge is 0.497 e. The number of methoxy groups -OCH3 is 1. The number of hydrazone groups is 1. The van der Waals surface area contributed by atoms with Gasteiger partial charge in [-0.15, -0.1) is 0 Å². The van der Waals surface area contributed by atoms with E-state index in [9.17, 15) is 4.79 Å². The molecule has 2 aromatic carbocycles. The zero-order chi connectivity index (χ0) is 17.5. The van der Waals surface area contributed by atoms with Crippen molar-refractivity contribution in [2.24, 2.45) is 5.10 Å². The summed E-state index contributed by atoms with van der Waals surface area (Å²) in [6.07, 6.45) is 0.854. The molecule has 6 heteroatoms. The van der Waals surface area contributed by atoms with Crippen LogP contribution in [0.3, 0.4) is 0 Å². The van der Waals surface area contributed by atoms with Gasteiger partial charge in [0.1, 0.15) is 11.5 Å². The zero-order valence-electron chi connectivity index (χ0n) is 13.7. The van der Waals surface area contributed by atoms with Gasteiger partial charge in [0.05, 0.1) is 13.3 Å². The van der Waals surface area contributed by atoms with Crippen LogP contribution < -0.4 is 14.9 Å². The molecule has 24 heavy (non-hydrogen) atoms. The van der Waals surface area contributed by atoms with Crippen LogP contribution in [-0.2, 0) is 4.79 Å². The molecule has 0 saturated heterocycles. The lowest BCUT2D eigenvalue weighted by atomic mass is 10.2. The molecule has 1 N–H and O–H groups in total. The minimum Gasteiger partial charge on any atom is -0.497 e. The highest BCUT2D eigenvalue weighted by molar-refractivity contribution is 6.31. The number of aryl methyl sites for hydroxylation is 1. The van der Waals surface area contributed by atoms with E-state index >= 15 is 0 Å². The second-order valence-electron chi connectivity index (χ2n) is 5.18. The highest BCUT2D eigenvalue weighted by Gasteiger charge is 2.14. The van der Waals surface area contributed by atoms with Crippen molar-refractivity contribution >= 4 is 23.7 Å². The van der Waals surface area contributed by atoms with Gasteiger partial charge < -0.3 is 9.47 Å². The number of carbonyl (C=O) groups excluding carboxylic acids is 1. The number of ether oxygens (including phenoxy) is 2. The number of nitrogens with one attached hydrogen (secondary N) is 1. The third-order valence-electron chi connectivity index (χ3n) is 3.29. The monoisotopic (exact) mass is 346 g/mol. The maximum atomic E-state index is 12.0. The minimum absolute atomic E-state index is 0.346. The Bertz CT molecular complexity index is 747. The first-order valence-corrected chi connectivity index (χ1v) is 7.77. The highest BCUT2D eigenvalue weighted by Crippen LogP contribution is 2.21. The Morgan fingerprint density at radius 2 is 2.04 bits per heavy atom. The van der Waals surface area contributed by atoms with Crippen molar-refractivity contribution < 1.29 is 14.3 Å². The lowest BCUT2D eigenvalue weighted by Crippen LogP contribution is -2.33. The molecule has 0 radical (unpaired) electrons. The van der Waals surface area contributed by atoms with Crippen molar-refractivity contribution in [2.75, 3.05) is 7.11 Å². The molecule has 1 atom stereocenters. The van der Waals surface area contributed by atoms with Gasteiger partial charge in [-0.1, -0.05) is 23.7 Å². The first-order valence-electron chi connectivity index (χ1n) is 7.39. The summed E-state index contributed by atoms with van der Waals surface area (Å²) >= 11 is 5.97. The first-order chi connectivity index (χ1) is 11.5. The number of hydrogen-bond donors (Lipinski definition) is 1. The molecular weight excluding hydrogens is 328 g/mol. The van der Waals surface area contributed by atoms with Gasteiger partial charge in [-0.2, -0.15) is 5.10 Å². The number of amides is 1. The third-order valence-corrected chi connectivity index (χ3v) is 3.72. The van der Waals surface area contributed by atoms with Crippen LogP contribution in [-0.4, -0.2) is 25.3 Å². The van der Waals surface area contributed by atoms with Crippen molar-refractivity contribution in [1.82, 2.24) is 5.43 Å². The van der Waals surface area contributed by atoms with Gasteiger partial charge in [-0.3, -0.25) is 4.79 Å². The number of halogens is 1. The van der Waals surface area contributed by atoms with Crippen LogP contribution in [0.25, 0.3) is 0 Å². The number of rotatable bonds is 6. The predicted octanol–water partition coefficient (Wildman–Crippen LogP) is 3.57. The second kappa shape index (κ2) is 8.36. The Morgan fingerprint density at radius 3 is 2.75 bits per heavy atom. The van der Waals surface area contributed by atoms with Crippen LogP contribution in [0.5, 0.6) is 11.5 Å². The summed E-state index contributed by atoms with van der Waals surface area (Å²) in [5, 5.41) is 4.59. The zero-order valence-corrected chi connectivity index (χ0v) is 14.5. The van der Waals surface area contributed by atoms with Crippen molar-refractivity contribution in [3.8, 4) is 11.5 Å². The van der Waals surface area contributed by atoms with Crippen LogP contribution in [0, 0.1) is 6.92 Å². The van der Waals surface area contributed by atoms with Crippen LogP contribution >= 0.6 is 11.6 Å². The van der Waals surface area contributed by atoms with Gasteiger partial charge in [0.25, 0.3) is 5.91 Å². The van der Waals surface area contributed by atoms with Gasteiger partial charge in [0.2, 0.25) is 0 Å². The van der Waals surface area contributed by atoms with Crippen molar-refractivity contribution in [3.63, 3.8) is 0 Å². The van der Waals surface area contributed by atoms with E-state index in [1.807, 2.05) is 31.2 Å². The number of carbonyl (C=O) groups is 1. The average molecular weight is 347 g/mol. The Kier molecular flexibility index (Phi) is 6.21. The summed E-state index contributed by atoms with van der Waals surface area (Å²) in [5.74, 6) is 0.957. The fourth-order valence-electron chi connectivity index (χ4n) is 1.93. The lowest BCUT2D eigenvalue weighted by Gasteiger charge is -2.13. The summed E-state index contributed by atoms with van der Waals surface area (Å²) in [5.41, 5.74) is 4.16. The molecule has 0 bridgehead atoms. The van der Waals surface area contributed by atoms with Gasteiger partial charge in [-0.05, 0) is 55.3 Å². The Balaban J connectivity index is 1.91. The van der Waals surface area contributed by atoms with Gasteiger partial charge in [0.15, 0.2) is 6.10 Å². The Labute approximate surface area is 146 Å². The molecule has 0 fully saturated rings. The molecule has 0 spiro atoms. The van der Waals surface area contributed by atoms with E-state index in [1.165, 1.54) is 0 Å². The smallest absolute Gasteiger partial charge is 0.280 e. The normalized spacial score (nSPS) is 12.0. The summed E-state index contributed by atoms with van der Waals surface area (Å²) in [6, 6.07) is 12.6. The van der Waals surface area contributed by atoms with Crippen molar-refractivity contribution in [2.45, 2.75) is 20.0 Å². The van der Waals surface area contributed by atoms with E-state index in [0.717, 1.165) is 16.9 Å². The van der Waals surface area contributed by atoms with Gasteiger partial charge in [0, 0.05) is 5.02 Å². The molecule has 2 rings (SSSR count). The van der Waals surface area contributed by atoms with Crippen LogP contribution in [0.2, 0.25) is 5.02 Å². The SMILES string of the molecule is COc1cccc(/C=N\NC(=O)[C@H](C)Oc2ccc(Cl)c(C)c2)c1. The molecule has 0 aromatic heterocycles. The molecule has 0 aliphatic carbocycles. The molecule has 1 amide bonds. The average Bonchev–Trinajstić information content (AvgIpc) is 2.58. The van der Waals surface area contributed by atoms with Gasteiger partial charge in [-0.25, -0.2) is 5.43 Å². The summed E-state index contributed by atoms with van der Waals surface area (Å²) in [6.45, 7) is 3.53. The maximum absolute atomic E-state index is 12.0. The topological polar surface area (TPSA) is 59.9 Å². The molecule has 0 aliphatic heterocycles. The van der Waals surface area contributed by atoms with Crippen LogP contribution in [0.4, 0.5) is 0 Å². The predicted molar refractivity (Wildman–Crippen MR) is 95.0 cm³/mol. The van der Waals surface area contributed by atoms with E-state index in [0.29, 0.717) is 10.8 Å². The molecule has 126 valence electrons. The Hall–Kier alpha value is -2.53. The molecule has 0 unspecified atom stereocenters. The van der Waals surface area contributed by atoms with E-state index in [4.69, 9.17) is 21.1 Å². The van der Waals surface area contributed by atoms with Crippen molar-refractivity contribution in [3.05, 3.63) is 58.6 Å². The number of hydrogen-bond acceptors (Lipinski definition) is 4. The summed E-state index contributed by atoms with van der Waals surface area (Å²) in [4.78, 5) is 12.0. The molecule has 0 aliphatic rings. The van der Waals surface area contributed by atoms with Crippen LogP contribution in [0.1, 0.15) is 18.1 Å². The minimum atomic E-state index is -0.687. The molecular formula is C18H19ClN2O3. The first kappa shape index (κ1) is 17.8. The van der Waals surface area contributed by atoms with Gasteiger partial charge >= 0.3 is 0 Å². The number of benzene rings is 2. The van der Waals surface area contributed by atoms with Crippen molar-refractivity contribution in [1.29, 1.82) is 0 Å². The quantitative estimate of drug-likeness (QED) is 0.642. The highest BCUT2D eigenvalue weighted by atomic mass is 35.5. The molecule has 5 nitrogen and oxygen atoms in total. The second-order valence-corrected chi connectivity index (χ2v) is 5.59. The number of nitrogens with zero attached hydrogens (tertiary/aromatic N) is 1. The Morgan fingerprint density at radius 1 is 1.25 bits per heavy atom. The standard InChI is InChI=1S/C18H19ClN2O3/c1-12-9-16(7-8-17(12)19)24-13(2)18(22)21-20-11-14-5-4-6-15(10-14)23-3/h4-11,13H,1-3H3,(H,21,22)/b20-11-/t13-/m0/s1. The molecule has 0 saturated carbocycles. The summed E-state index contributed by atoms with van der Waals surface area (Å²) < 4.78 is 10.7. The third kappa shape index (κ3) is 4.99. The fraction of sp³-hybridized carbons (Fsp3) is 0.222. The lowest BCUT2D eigenvalue weighted by molar-refractivity contribution is -0.127. The summed E-state index contributed by atoms with van der Waals surface area (Å²) in [7, 11) is 1.59. The molecule has 2 aromatic rings. The van der Waals surface area contributed by atoms with Crippen LogP contribution in [0.15, 0.2) is 47.6 Å². The van der Waals surface area contributed by atoms with E-state index in [1.54, 1.807) is 38.4 Å². The fourth-order valence-corrected chi connectivity index (χ4v) is 2.05.